The fourth-order valence-electron chi connectivity index (χ4n) is 1.35. The van der Waals surface area contributed by atoms with Crippen molar-refractivity contribution in [2.45, 2.75) is 18.7 Å². The number of sulfone groups is 1. The molecule has 0 radical (unpaired) electrons. The molecule has 0 aliphatic heterocycles. The summed E-state index contributed by atoms with van der Waals surface area (Å²) in [7, 11) is -3.17. The normalized spacial score (nSPS) is 13.8. The molecular formula is C11H17NO2S. The van der Waals surface area contributed by atoms with Crippen molar-refractivity contribution in [1.82, 2.24) is 0 Å². The van der Waals surface area contributed by atoms with Crippen LogP contribution in [0.15, 0.2) is 29.2 Å². The molecule has 0 unspecified atom stereocenters. The first-order valence-electron chi connectivity index (χ1n) is 4.95. The second-order valence-electron chi connectivity index (χ2n) is 3.94. The predicted molar refractivity (Wildman–Crippen MR) is 61.5 cm³/mol. The van der Waals surface area contributed by atoms with E-state index >= 15 is 0 Å². The Morgan fingerprint density at radius 2 is 2.07 bits per heavy atom. The molecular weight excluding hydrogens is 210 g/mol. The van der Waals surface area contributed by atoms with E-state index < -0.39 is 9.84 Å². The van der Waals surface area contributed by atoms with Gasteiger partial charge in [0.2, 0.25) is 0 Å². The maximum atomic E-state index is 11.9. The molecule has 4 heteroatoms. The molecule has 0 aliphatic rings. The van der Waals surface area contributed by atoms with Crippen LogP contribution in [0, 0.1) is 12.8 Å². The van der Waals surface area contributed by atoms with Gasteiger partial charge in [-0.25, -0.2) is 8.42 Å². The molecule has 1 aromatic rings. The van der Waals surface area contributed by atoms with Crippen molar-refractivity contribution in [3.05, 3.63) is 29.8 Å². The van der Waals surface area contributed by atoms with Gasteiger partial charge in [-0.1, -0.05) is 19.1 Å². The van der Waals surface area contributed by atoms with E-state index in [2.05, 4.69) is 0 Å². The third kappa shape index (κ3) is 3.32. The van der Waals surface area contributed by atoms with Gasteiger partial charge in [0.25, 0.3) is 0 Å². The molecule has 0 amide bonds. The number of aryl methyl sites for hydroxylation is 1. The van der Waals surface area contributed by atoms with Gasteiger partial charge >= 0.3 is 0 Å². The molecule has 0 saturated heterocycles. The van der Waals surface area contributed by atoms with Crippen molar-refractivity contribution in [2.24, 2.45) is 11.7 Å². The Morgan fingerprint density at radius 3 is 2.60 bits per heavy atom. The van der Waals surface area contributed by atoms with Gasteiger partial charge in [0.15, 0.2) is 9.84 Å². The highest BCUT2D eigenvalue weighted by molar-refractivity contribution is 7.91. The summed E-state index contributed by atoms with van der Waals surface area (Å²) >= 11 is 0. The van der Waals surface area contributed by atoms with E-state index in [9.17, 15) is 8.42 Å². The lowest BCUT2D eigenvalue weighted by Crippen LogP contribution is -2.21. The SMILES string of the molecule is Cc1cccc(S(=O)(=O)C[C@@H](C)CN)c1. The summed E-state index contributed by atoms with van der Waals surface area (Å²) in [5, 5.41) is 0. The zero-order chi connectivity index (χ0) is 11.5. The first-order valence-corrected chi connectivity index (χ1v) is 6.60. The number of rotatable bonds is 4. The number of hydrogen-bond donors (Lipinski definition) is 1. The average molecular weight is 227 g/mol. The lowest BCUT2D eigenvalue weighted by Gasteiger charge is -2.09. The molecule has 0 aromatic heterocycles. The van der Waals surface area contributed by atoms with Crippen LogP contribution >= 0.6 is 0 Å². The van der Waals surface area contributed by atoms with Crippen LogP contribution in [0.25, 0.3) is 0 Å². The quantitative estimate of drug-likeness (QED) is 0.845. The highest BCUT2D eigenvalue weighted by Crippen LogP contribution is 2.15. The van der Waals surface area contributed by atoms with E-state index in [0.29, 0.717) is 11.4 Å². The predicted octanol–water partition coefficient (Wildman–Crippen LogP) is 1.36. The zero-order valence-corrected chi connectivity index (χ0v) is 9.92. The molecule has 0 fully saturated rings. The smallest absolute Gasteiger partial charge is 0.178 e. The van der Waals surface area contributed by atoms with Gasteiger partial charge in [0.05, 0.1) is 10.6 Å². The molecule has 0 heterocycles. The third-order valence-corrected chi connectivity index (χ3v) is 4.23. The Kier molecular flexibility index (Phi) is 3.88. The van der Waals surface area contributed by atoms with E-state index in [4.69, 9.17) is 5.73 Å². The molecule has 1 rings (SSSR count). The summed E-state index contributed by atoms with van der Waals surface area (Å²) in [5.41, 5.74) is 6.38. The lowest BCUT2D eigenvalue weighted by molar-refractivity contribution is 0.574. The second-order valence-corrected chi connectivity index (χ2v) is 5.97. The van der Waals surface area contributed by atoms with E-state index in [1.807, 2.05) is 19.9 Å². The van der Waals surface area contributed by atoms with Gasteiger partial charge in [0.1, 0.15) is 0 Å². The Labute approximate surface area is 91.2 Å². The van der Waals surface area contributed by atoms with Crippen molar-refractivity contribution < 1.29 is 8.42 Å². The lowest BCUT2D eigenvalue weighted by atomic mass is 10.2. The van der Waals surface area contributed by atoms with Gasteiger partial charge < -0.3 is 5.73 Å². The molecule has 1 aromatic carbocycles. The van der Waals surface area contributed by atoms with E-state index in [0.717, 1.165) is 5.56 Å². The molecule has 0 saturated carbocycles. The van der Waals surface area contributed by atoms with Gasteiger partial charge in [-0.05, 0) is 37.1 Å². The fraction of sp³-hybridized carbons (Fsp3) is 0.455. The van der Waals surface area contributed by atoms with Crippen LogP contribution in [0.5, 0.6) is 0 Å². The summed E-state index contributed by atoms with van der Waals surface area (Å²) in [6, 6.07) is 6.96. The van der Waals surface area contributed by atoms with Gasteiger partial charge in [-0.3, -0.25) is 0 Å². The monoisotopic (exact) mass is 227 g/mol. The van der Waals surface area contributed by atoms with Crippen molar-refractivity contribution in [1.29, 1.82) is 0 Å². The molecule has 2 N–H and O–H groups in total. The first kappa shape index (κ1) is 12.2. The summed E-state index contributed by atoms with van der Waals surface area (Å²) < 4.78 is 23.8. The maximum Gasteiger partial charge on any atom is 0.178 e. The van der Waals surface area contributed by atoms with Crippen molar-refractivity contribution in [3.8, 4) is 0 Å². The molecule has 15 heavy (non-hydrogen) atoms. The molecule has 84 valence electrons. The summed E-state index contributed by atoms with van der Waals surface area (Å²) in [6.45, 7) is 4.11. The second kappa shape index (κ2) is 4.77. The Hall–Kier alpha value is -0.870. The van der Waals surface area contributed by atoms with Crippen LogP contribution in [0.1, 0.15) is 12.5 Å². The first-order chi connectivity index (χ1) is 6.95. The highest BCUT2D eigenvalue weighted by atomic mass is 32.2. The maximum absolute atomic E-state index is 11.9. The molecule has 3 nitrogen and oxygen atoms in total. The Balaban J connectivity index is 2.96. The van der Waals surface area contributed by atoms with Crippen molar-refractivity contribution in [2.75, 3.05) is 12.3 Å². The van der Waals surface area contributed by atoms with Crippen LogP contribution in [-0.2, 0) is 9.84 Å². The standard InChI is InChI=1S/C11H17NO2S/c1-9-4-3-5-11(6-9)15(13,14)8-10(2)7-12/h3-6,10H,7-8,12H2,1-2H3/t10-/m0/s1. The molecule has 0 bridgehead atoms. The minimum atomic E-state index is -3.17. The van der Waals surface area contributed by atoms with Crippen LogP contribution < -0.4 is 5.73 Å². The molecule has 1 atom stereocenters. The topological polar surface area (TPSA) is 60.2 Å². The number of nitrogens with two attached hydrogens (primary N) is 1. The van der Waals surface area contributed by atoms with E-state index in [-0.39, 0.29) is 11.7 Å². The third-order valence-electron chi connectivity index (χ3n) is 2.25. The highest BCUT2D eigenvalue weighted by Gasteiger charge is 2.17. The van der Waals surface area contributed by atoms with Gasteiger partial charge in [-0.15, -0.1) is 0 Å². The van der Waals surface area contributed by atoms with Gasteiger partial charge in [-0.2, -0.15) is 0 Å². The van der Waals surface area contributed by atoms with Crippen LogP contribution in [0.4, 0.5) is 0 Å². The van der Waals surface area contributed by atoms with E-state index in [1.54, 1.807) is 18.2 Å². The number of hydrogen-bond acceptors (Lipinski definition) is 3. The average Bonchev–Trinajstić information content (AvgIpc) is 2.17. The van der Waals surface area contributed by atoms with Crippen LogP contribution in [0.3, 0.4) is 0 Å². The Morgan fingerprint density at radius 1 is 1.40 bits per heavy atom. The summed E-state index contributed by atoms with van der Waals surface area (Å²) in [6.07, 6.45) is 0. The zero-order valence-electron chi connectivity index (χ0n) is 9.10. The summed E-state index contributed by atoms with van der Waals surface area (Å²) in [4.78, 5) is 0.391. The summed E-state index contributed by atoms with van der Waals surface area (Å²) in [5.74, 6) is 0.114. The minimum Gasteiger partial charge on any atom is -0.330 e. The number of benzene rings is 1. The van der Waals surface area contributed by atoms with Crippen LogP contribution in [-0.4, -0.2) is 20.7 Å². The minimum absolute atomic E-state index is 0.00416. The molecule has 0 spiro atoms. The van der Waals surface area contributed by atoms with Crippen molar-refractivity contribution in [3.63, 3.8) is 0 Å². The van der Waals surface area contributed by atoms with Gasteiger partial charge in [0, 0.05) is 0 Å². The van der Waals surface area contributed by atoms with Crippen molar-refractivity contribution >= 4 is 9.84 Å². The Bertz CT molecular complexity index is 426. The molecule has 0 aliphatic carbocycles. The fourth-order valence-corrected chi connectivity index (χ4v) is 3.08. The van der Waals surface area contributed by atoms with E-state index in [1.165, 1.54) is 0 Å². The largest absolute Gasteiger partial charge is 0.330 e. The van der Waals surface area contributed by atoms with Crippen LogP contribution in [0.2, 0.25) is 0 Å².